The molecule has 0 saturated carbocycles. The molecule has 0 aromatic heterocycles. The summed E-state index contributed by atoms with van der Waals surface area (Å²) in [4.78, 5) is 59.7. The van der Waals surface area contributed by atoms with Gasteiger partial charge >= 0.3 is 24.1 Å². The lowest BCUT2D eigenvalue weighted by molar-refractivity contribution is -0.263. The van der Waals surface area contributed by atoms with Gasteiger partial charge in [-0.15, -0.1) is 0 Å². The summed E-state index contributed by atoms with van der Waals surface area (Å²) in [5.41, 5.74) is 0. The largest absolute Gasteiger partial charge is 0.463 e. The summed E-state index contributed by atoms with van der Waals surface area (Å²) in [5, 5.41) is 4.65. The van der Waals surface area contributed by atoms with Crippen molar-refractivity contribution in [3.05, 3.63) is 0 Å². The van der Waals surface area contributed by atoms with Gasteiger partial charge in [0.15, 0.2) is 5.79 Å². The highest BCUT2D eigenvalue weighted by molar-refractivity contribution is 5.81. The number of nitrogens with one attached hydrogen (secondary N) is 2. The fourth-order valence-corrected chi connectivity index (χ4v) is 3.81. The Kier molecular flexibility index (Phi) is 22.1. The molecule has 45 heavy (non-hydrogen) atoms. The summed E-state index contributed by atoms with van der Waals surface area (Å²) in [7, 11) is 2.91. The number of carbonyl (C=O) groups excluding carboxylic acids is 5. The molecule has 0 radical (unpaired) electrons. The topological polar surface area (TPSA) is 196 Å². The molecule has 260 valence electrons. The highest BCUT2D eigenvalue weighted by Crippen LogP contribution is 2.28. The van der Waals surface area contributed by atoms with Crippen LogP contribution in [0.2, 0.25) is 0 Å². The van der Waals surface area contributed by atoms with Gasteiger partial charge in [-0.1, -0.05) is 6.92 Å². The van der Waals surface area contributed by atoms with Gasteiger partial charge in [-0.05, 0) is 0 Å². The normalized spacial score (nSPS) is 13.9. The molecule has 0 aromatic carbocycles. The number of ether oxygens (including phenoxy) is 9. The molecule has 0 bridgehead atoms. The zero-order chi connectivity index (χ0) is 33.2. The van der Waals surface area contributed by atoms with Gasteiger partial charge in [0.05, 0.1) is 59.3 Å². The molecule has 17 heteroatoms. The average molecular weight is 652 g/mol. The van der Waals surface area contributed by atoms with Crippen molar-refractivity contribution in [2.24, 2.45) is 0 Å². The SMILES string of the molecule is CCC(=O)OCCOCCOC1(OCCOCCOC(=O)NC)CCN(C(=O)CCC(=O)OCCOCCOC(=O)NC)CC1. The minimum atomic E-state index is -0.971. The molecule has 1 aliphatic rings. The standard InChI is InChI=1S/C28H49N3O14/c1-4-24(33)40-17-11-38-15-21-44-28(45-22-16-39-14-20-43-27(36)30-3)7-9-31(10-8-28)23(32)5-6-25(34)41-18-12-37-13-19-42-26(35)29-2/h4-22H2,1-3H3,(H,29,35)(H,30,36). The third-order valence-corrected chi connectivity index (χ3v) is 6.21. The maximum atomic E-state index is 12.8. The summed E-state index contributed by atoms with van der Waals surface area (Å²) in [5.74, 6) is -1.97. The third kappa shape index (κ3) is 19.7. The quantitative estimate of drug-likeness (QED) is 0.0629. The first-order valence-electron chi connectivity index (χ1n) is 15.0. The molecule has 1 heterocycles. The van der Waals surface area contributed by atoms with E-state index in [-0.39, 0.29) is 104 Å². The number of hydrogen-bond acceptors (Lipinski definition) is 14. The summed E-state index contributed by atoms with van der Waals surface area (Å²) >= 11 is 0. The second kappa shape index (κ2) is 25.0. The lowest BCUT2D eigenvalue weighted by Gasteiger charge is -2.41. The maximum Gasteiger partial charge on any atom is 0.406 e. The van der Waals surface area contributed by atoms with Crippen LogP contribution in [0.4, 0.5) is 9.59 Å². The highest BCUT2D eigenvalue weighted by atomic mass is 16.7. The van der Waals surface area contributed by atoms with Crippen molar-refractivity contribution >= 4 is 30.0 Å². The van der Waals surface area contributed by atoms with E-state index < -0.39 is 23.9 Å². The van der Waals surface area contributed by atoms with Gasteiger partial charge in [-0.3, -0.25) is 14.4 Å². The Morgan fingerprint density at radius 1 is 0.578 bits per heavy atom. The maximum absolute atomic E-state index is 12.8. The zero-order valence-electron chi connectivity index (χ0n) is 26.6. The smallest absolute Gasteiger partial charge is 0.406 e. The first-order valence-corrected chi connectivity index (χ1v) is 15.0. The van der Waals surface area contributed by atoms with Gasteiger partial charge in [-0.2, -0.15) is 0 Å². The summed E-state index contributed by atoms with van der Waals surface area (Å²) < 4.78 is 48.0. The van der Waals surface area contributed by atoms with Crippen molar-refractivity contribution in [1.82, 2.24) is 15.5 Å². The number of alkyl carbamates (subject to hydrolysis) is 2. The van der Waals surface area contributed by atoms with Crippen molar-refractivity contribution in [2.45, 2.75) is 44.8 Å². The number of hydrogen-bond donors (Lipinski definition) is 2. The van der Waals surface area contributed by atoms with E-state index in [4.69, 9.17) is 42.6 Å². The van der Waals surface area contributed by atoms with Crippen LogP contribution < -0.4 is 10.6 Å². The monoisotopic (exact) mass is 651 g/mol. The van der Waals surface area contributed by atoms with E-state index in [1.807, 2.05) is 0 Å². The van der Waals surface area contributed by atoms with Crippen molar-refractivity contribution < 1.29 is 66.6 Å². The first-order chi connectivity index (χ1) is 21.7. The molecule has 3 amide bonds. The predicted octanol–water partition coefficient (Wildman–Crippen LogP) is 0.377. The summed E-state index contributed by atoms with van der Waals surface area (Å²) in [6.45, 7) is 4.42. The number of esters is 2. The number of nitrogens with zero attached hydrogens (tertiary/aromatic N) is 1. The molecule has 0 unspecified atom stereocenters. The van der Waals surface area contributed by atoms with E-state index in [1.54, 1.807) is 11.8 Å². The van der Waals surface area contributed by atoms with Crippen LogP contribution in [0, 0.1) is 0 Å². The van der Waals surface area contributed by atoms with Crippen LogP contribution in [0.3, 0.4) is 0 Å². The number of rotatable bonds is 24. The van der Waals surface area contributed by atoms with E-state index in [0.717, 1.165) is 0 Å². The molecule has 0 spiro atoms. The molecule has 0 aromatic rings. The van der Waals surface area contributed by atoms with Gasteiger partial charge in [0.25, 0.3) is 0 Å². The predicted molar refractivity (Wildman–Crippen MR) is 155 cm³/mol. The molecule has 0 atom stereocenters. The molecule has 0 aliphatic carbocycles. The van der Waals surface area contributed by atoms with Crippen LogP contribution in [0.25, 0.3) is 0 Å². The number of likely N-dealkylation sites (tertiary alicyclic amines) is 1. The van der Waals surface area contributed by atoms with Gasteiger partial charge < -0.3 is 58.2 Å². The molecule has 1 aliphatic heterocycles. The van der Waals surface area contributed by atoms with E-state index in [9.17, 15) is 24.0 Å². The van der Waals surface area contributed by atoms with Crippen molar-refractivity contribution in [3.63, 3.8) is 0 Å². The molecule has 1 rings (SSSR count). The van der Waals surface area contributed by atoms with Crippen LogP contribution >= 0.6 is 0 Å². The Morgan fingerprint density at radius 3 is 1.44 bits per heavy atom. The van der Waals surface area contributed by atoms with Crippen LogP contribution in [0.1, 0.15) is 39.0 Å². The molecular weight excluding hydrogens is 602 g/mol. The fraction of sp³-hybridized carbons (Fsp3) is 0.821. The lowest BCUT2D eigenvalue weighted by Crippen LogP contribution is -2.50. The second-order valence-electron chi connectivity index (χ2n) is 9.39. The minimum absolute atomic E-state index is 0.00319. The Labute approximate surface area is 263 Å². The van der Waals surface area contributed by atoms with Crippen LogP contribution in [0.15, 0.2) is 0 Å². The zero-order valence-corrected chi connectivity index (χ0v) is 26.6. The molecule has 1 fully saturated rings. The fourth-order valence-electron chi connectivity index (χ4n) is 3.81. The Hall–Kier alpha value is -3.25. The van der Waals surface area contributed by atoms with Gasteiger partial charge in [0, 0.05) is 52.9 Å². The molecule has 2 N–H and O–H groups in total. The van der Waals surface area contributed by atoms with Gasteiger partial charge in [0.2, 0.25) is 5.91 Å². The molecular formula is C28H49N3O14. The minimum Gasteiger partial charge on any atom is -0.463 e. The van der Waals surface area contributed by atoms with Crippen molar-refractivity contribution in [2.75, 3.05) is 106 Å². The van der Waals surface area contributed by atoms with E-state index >= 15 is 0 Å². The van der Waals surface area contributed by atoms with E-state index in [0.29, 0.717) is 32.4 Å². The summed E-state index contributed by atoms with van der Waals surface area (Å²) in [6, 6.07) is 0. The first kappa shape index (κ1) is 39.8. The Bertz CT molecular complexity index is 835. The molecule has 1 saturated heterocycles. The number of amides is 3. The second-order valence-corrected chi connectivity index (χ2v) is 9.39. The average Bonchev–Trinajstić information content (AvgIpc) is 3.05. The molecule has 17 nitrogen and oxygen atoms in total. The van der Waals surface area contributed by atoms with E-state index in [1.165, 1.54) is 14.1 Å². The highest BCUT2D eigenvalue weighted by Gasteiger charge is 2.38. The van der Waals surface area contributed by atoms with Crippen LogP contribution in [-0.2, 0) is 57.0 Å². The van der Waals surface area contributed by atoms with Crippen molar-refractivity contribution in [1.29, 1.82) is 0 Å². The Morgan fingerprint density at radius 2 is 1.00 bits per heavy atom. The number of piperidine rings is 1. The Balaban J connectivity index is 2.39. The van der Waals surface area contributed by atoms with Gasteiger partial charge in [-0.25, -0.2) is 9.59 Å². The van der Waals surface area contributed by atoms with Crippen LogP contribution in [-0.4, -0.2) is 147 Å². The van der Waals surface area contributed by atoms with Crippen molar-refractivity contribution in [3.8, 4) is 0 Å². The summed E-state index contributed by atoms with van der Waals surface area (Å²) in [6.07, 6.45) is -0.103. The van der Waals surface area contributed by atoms with Crippen LogP contribution in [0.5, 0.6) is 0 Å². The van der Waals surface area contributed by atoms with E-state index in [2.05, 4.69) is 10.6 Å². The third-order valence-electron chi connectivity index (χ3n) is 6.21. The lowest BCUT2D eigenvalue weighted by atomic mass is 10.0. The number of carbonyl (C=O) groups is 5. The van der Waals surface area contributed by atoms with Gasteiger partial charge in [0.1, 0.15) is 26.4 Å².